The molecule has 0 bridgehead atoms. The van der Waals surface area contributed by atoms with E-state index in [-0.39, 0.29) is 63.1 Å². The number of hydrogen-bond acceptors (Lipinski definition) is 12. The largest absolute Gasteiger partial charge is 0.481 e. The normalized spacial score (nSPS) is 19.0. The molecule has 3 aliphatic heterocycles. The van der Waals surface area contributed by atoms with E-state index in [4.69, 9.17) is 21.4 Å². The zero-order valence-electron chi connectivity index (χ0n) is 38.6. The average Bonchev–Trinajstić information content (AvgIpc) is 4.14. The van der Waals surface area contributed by atoms with Gasteiger partial charge in [-0.1, -0.05) is 60.7 Å². The van der Waals surface area contributed by atoms with Gasteiger partial charge in [-0.2, -0.15) is 0 Å². The third-order valence-corrected chi connectivity index (χ3v) is 11.7. The lowest BCUT2D eigenvalue weighted by atomic mass is 10.0. The Bertz CT molecular complexity index is 2120. The van der Waals surface area contributed by atoms with Crippen LogP contribution < -0.4 is 43.4 Å². The van der Waals surface area contributed by atoms with Gasteiger partial charge < -0.3 is 68.5 Å². The summed E-state index contributed by atoms with van der Waals surface area (Å²) in [7, 11) is 0. The number of carbonyl (C=O) groups excluding carboxylic acids is 7. The molecule has 0 spiro atoms. The van der Waals surface area contributed by atoms with Gasteiger partial charge in [0.05, 0.1) is 19.2 Å². The van der Waals surface area contributed by atoms with Crippen LogP contribution in [-0.2, 0) is 56.0 Å². The molecule has 3 saturated heterocycles. The molecule has 3 fully saturated rings. The van der Waals surface area contributed by atoms with E-state index in [0.717, 1.165) is 19.9 Å². The summed E-state index contributed by atoms with van der Waals surface area (Å²) < 4.78 is 0. The Kier molecular flexibility index (Phi) is 21.8. The number of rotatable bonds is 22. The molecule has 0 aromatic heterocycles. The van der Waals surface area contributed by atoms with E-state index >= 15 is 0 Å². The van der Waals surface area contributed by atoms with Gasteiger partial charge in [0.15, 0.2) is 5.96 Å². The summed E-state index contributed by atoms with van der Waals surface area (Å²) in [5.41, 5.74) is 12.0. The number of amides is 7. The van der Waals surface area contributed by atoms with Gasteiger partial charge >= 0.3 is 5.97 Å². The van der Waals surface area contributed by atoms with Gasteiger partial charge in [-0.05, 0) is 69.0 Å². The number of carboxylic acids is 2. The van der Waals surface area contributed by atoms with Gasteiger partial charge in [-0.25, -0.2) is 4.79 Å². The molecular weight excluding hydrogens is 899 g/mol. The molecule has 2 aromatic carbocycles. The van der Waals surface area contributed by atoms with Crippen molar-refractivity contribution in [3.05, 3.63) is 71.8 Å². The molecular formula is C46H65N11O12. The van der Waals surface area contributed by atoms with Crippen LogP contribution in [0.3, 0.4) is 0 Å². The number of guanidine groups is 1. The van der Waals surface area contributed by atoms with Crippen LogP contribution in [0.25, 0.3) is 0 Å². The highest BCUT2D eigenvalue weighted by atomic mass is 16.4. The van der Waals surface area contributed by atoms with E-state index < -0.39 is 96.8 Å². The summed E-state index contributed by atoms with van der Waals surface area (Å²) in [6, 6.07) is 9.92. The molecule has 69 heavy (non-hydrogen) atoms. The van der Waals surface area contributed by atoms with Gasteiger partial charge in [0.2, 0.25) is 41.4 Å². The SMILES string of the molecule is CC(=O)O.NC(N)=NCCC[C@H](NC(=O)[C@H](Cc1ccccc1)NC(=O)[C@@H]1CCCN1C(=O)[C@H](CO)NC(=O)[C@H](Cc1ccccc1)NC(=O)CNC(=O)[C@@H]1CCCN1C(=O)[C@@H]1CCCN1)C(=O)O. The van der Waals surface area contributed by atoms with Crippen LogP contribution in [0, 0.1) is 0 Å². The molecule has 0 radical (unpaired) electrons. The number of likely N-dealkylation sites (tertiary alicyclic amines) is 2. The smallest absolute Gasteiger partial charge is 0.326 e. The molecule has 3 aliphatic rings. The van der Waals surface area contributed by atoms with Gasteiger partial charge in [0.1, 0.15) is 36.3 Å². The van der Waals surface area contributed by atoms with Crippen molar-refractivity contribution in [1.82, 2.24) is 41.7 Å². The summed E-state index contributed by atoms with van der Waals surface area (Å²) in [4.78, 5) is 123. The average molecular weight is 964 g/mol. The molecule has 0 saturated carbocycles. The highest BCUT2D eigenvalue weighted by Crippen LogP contribution is 2.22. The Morgan fingerprint density at radius 3 is 1.77 bits per heavy atom. The predicted molar refractivity (Wildman–Crippen MR) is 249 cm³/mol. The lowest BCUT2D eigenvalue weighted by Crippen LogP contribution is -2.60. The zero-order valence-corrected chi connectivity index (χ0v) is 38.6. The maximum Gasteiger partial charge on any atom is 0.326 e. The van der Waals surface area contributed by atoms with Crippen LogP contribution >= 0.6 is 0 Å². The quantitative estimate of drug-likeness (QED) is 0.0330. The van der Waals surface area contributed by atoms with E-state index in [0.29, 0.717) is 43.4 Å². The van der Waals surface area contributed by atoms with Crippen LogP contribution in [0.5, 0.6) is 0 Å². The minimum Gasteiger partial charge on any atom is -0.481 e. The van der Waals surface area contributed by atoms with Crippen molar-refractivity contribution in [3.8, 4) is 0 Å². The summed E-state index contributed by atoms with van der Waals surface area (Å²) in [6.45, 7) is 1.11. The van der Waals surface area contributed by atoms with Crippen molar-refractivity contribution < 1.29 is 58.5 Å². The third-order valence-electron chi connectivity index (χ3n) is 11.7. The first-order valence-electron chi connectivity index (χ1n) is 23.0. The second-order valence-electron chi connectivity index (χ2n) is 16.9. The van der Waals surface area contributed by atoms with Crippen LogP contribution in [0.15, 0.2) is 65.7 Å². The van der Waals surface area contributed by atoms with Crippen molar-refractivity contribution in [2.45, 2.75) is 113 Å². The summed E-state index contributed by atoms with van der Waals surface area (Å²) in [5, 5.41) is 43.8. The summed E-state index contributed by atoms with van der Waals surface area (Å²) >= 11 is 0. The topological polar surface area (TPSA) is 357 Å². The molecule has 0 unspecified atom stereocenters. The van der Waals surface area contributed by atoms with E-state index in [9.17, 15) is 48.6 Å². The maximum atomic E-state index is 14.0. The first-order chi connectivity index (χ1) is 33.0. The second-order valence-corrected chi connectivity index (χ2v) is 16.9. The van der Waals surface area contributed by atoms with Crippen molar-refractivity contribution in [3.63, 3.8) is 0 Å². The maximum absolute atomic E-state index is 14.0. The summed E-state index contributed by atoms with van der Waals surface area (Å²) in [5.74, 6) is -6.71. The molecule has 3 heterocycles. The van der Waals surface area contributed by atoms with E-state index in [1.165, 1.54) is 4.90 Å². The van der Waals surface area contributed by atoms with E-state index in [2.05, 4.69) is 36.9 Å². The number of aliphatic hydroxyl groups excluding tert-OH is 1. The van der Waals surface area contributed by atoms with Gasteiger partial charge in [0.25, 0.3) is 5.97 Å². The van der Waals surface area contributed by atoms with Gasteiger partial charge in [-0.3, -0.25) is 43.3 Å². The molecule has 0 aliphatic carbocycles. The number of carbonyl (C=O) groups is 9. The van der Waals surface area contributed by atoms with Gasteiger partial charge in [0, 0.05) is 39.4 Å². The Labute approximate surface area is 399 Å². The van der Waals surface area contributed by atoms with Crippen LogP contribution in [0.4, 0.5) is 0 Å². The lowest BCUT2D eigenvalue weighted by Gasteiger charge is -2.30. The number of aliphatic hydroxyl groups is 1. The number of carboxylic acid groups (broad SMARTS) is 2. The number of nitrogens with one attached hydrogen (secondary N) is 6. The van der Waals surface area contributed by atoms with E-state index in [1.54, 1.807) is 65.6 Å². The number of nitrogens with zero attached hydrogens (tertiary/aromatic N) is 3. The third kappa shape index (κ3) is 17.5. The predicted octanol–water partition coefficient (Wildman–Crippen LogP) is -2.52. The monoisotopic (exact) mass is 963 g/mol. The van der Waals surface area contributed by atoms with Gasteiger partial charge in [-0.15, -0.1) is 0 Å². The number of benzene rings is 2. The molecule has 23 heteroatoms. The molecule has 23 nitrogen and oxygen atoms in total. The Balaban J connectivity index is 0.00000249. The second kappa shape index (κ2) is 27.6. The highest BCUT2D eigenvalue weighted by Gasteiger charge is 2.41. The fraction of sp³-hybridized carbons (Fsp3) is 0.522. The minimum atomic E-state index is -1.54. The number of nitrogens with two attached hydrogens (primary N) is 2. The Hall–Kier alpha value is -7.14. The Morgan fingerprint density at radius 2 is 1.25 bits per heavy atom. The first kappa shape index (κ1) is 54.5. The molecule has 5 rings (SSSR count). The number of aliphatic carboxylic acids is 2. The first-order valence-corrected chi connectivity index (χ1v) is 23.0. The highest BCUT2D eigenvalue weighted by molar-refractivity contribution is 5.97. The fourth-order valence-corrected chi connectivity index (χ4v) is 8.31. The van der Waals surface area contributed by atoms with Crippen molar-refractivity contribution in [2.24, 2.45) is 16.5 Å². The molecule has 7 amide bonds. The zero-order chi connectivity index (χ0) is 50.5. The summed E-state index contributed by atoms with van der Waals surface area (Å²) in [6.07, 6.45) is 3.42. The van der Waals surface area contributed by atoms with Crippen molar-refractivity contribution >= 4 is 59.2 Å². The van der Waals surface area contributed by atoms with Crippen molar-refractivity contribution in [2.75, 3.05) is 39.3 Å². The van der Waals surface area contributed by atoms with Crippen molar-refractivity contribution in [1.29, 1.82) is 0 Å². The number of aliphatic imine (C=N–C) groups is 1. The van der Waals surface area contributed by atoms with Crippen LogP contribution in [0.2, 0.25) is 0 Å². The number of hydrogen-bond donors (Lipinski definition) is 11. The molecule has 2 aromatic rings. The standard InChI is InChI=1S/C44H61N11O10.C2H4O2/c45-44(46)48-20-8-16-30(43(64)65)51-38(59)32(24-28-13-5-2-6-14-28)52-40(61)35-18-10-22-55(35)42(63)33(26-56)53-37(58)31(23-27-11-3-1-4-12-27)50-36(57)25-49-39(60)34-17-9-21-54(34)41(62)29-15-7-19-47-29;1-2(3)4/h1-6,11-14,29-35,47,56H,7-10,15-26H2,(H,49,60)(H,50,57)(H,51,59)(H,52,61)(H,53,58)(H,64,65)(H4,45,46,48);1H3,(H,3,4)/t29-,30-,31-,32-,33-,34-,35-;/m0./s1. The molecule has 7 atom stereocenters. The minimum absolute atomic E-state index is 0.00348. The lowest BCUT2D eigenvalue weighted by molar-refractivity contribution is -0.144. The molecule has 376 valence electrons. The Morgan fingerprint density at radius 1 is 0.710 bits per heavy atom. The van der Waals surface area contributed by atoms with E-state index in [1.807, 2.05) is 0 Å². The fourth-order valence-electron chi connectivity index (χ4n) is 8.31. The molecule has 13 N–H and O–H groups in total. The van der Waals surface area contributed by atoms with Crippen LogP contribution in [-0.4, -0.2) is 166 Å². The van der Waals surface area contributed by atoms with Crippen LogP contribution in [0.1, 0.15) is 69.4 Å².